The summed E-state index contributed by atoms with van der Waals surface area (Å²) < 4.78 is 41.9. The predicted octanol–water partition coefficient (Wildman–Crippen LogP) is 7.93. The van der Waals surface area contributed by atoms with E-state index in [0.29, 0.717) is 17.3 Å². The highest BCUT2D eigenvalue weighted by Crippen LogP contribution is 2.48. The number of hydrogen-bond acceptors (Lipinski definition) is 2. The summed E-state index contributed by atoms with van der Waals surface area (Å²) in [5.74, 6) is 0. The normalized spacial score (nSPS) is 15.8. The van der Waals surface area contributed by atoms with Gasteiger partial charge in [0, 0.05) is 22.1 Å². The van der Waals surface area contributed by atoms with E-state index in [9.17, 15) is 13.2 Å². The molecule has 0 saturated carbocycles. The molecule has 2 aromatic carbocycles. The van der Waals surface area contributed by atoms with Gasteiger partial charge in [-0.05, 0) is 56.2 Å². The minimum absolute atomic E-state index is 0.0661. The average molecular weight is 464 g/mol. The van der Waals surface area contributed by atoms with E-state index in [1.54, 1.807) is 29.3 Å². The Labute approximate surface area is 183 Å². The van der Waals surface area contributed by atoms with Gasteiger partial charge in [-0.2, -0.15) is 13.2 Å². The van der Waals surface area contributed by atoms with Gasteiger partial charge in [0.1, 0.15) is 0 Å². The monoisotopic (exact) mass is 462 g/mol. The molecule has 1 heterocycles. The molecule has 2 aromatic rings. The van der Waals surface area contributed by atoms with Crippen LogP contribution in [-0.4, -0.2) is 17.1 Å². The third-order valence-electron chi connectivity index (χ3n) is 5.18. The molecular weight excluding hydrogens is 444 g/mol. The maximum Gasteiger partial charge on any atom is 0.418 e. The smallest absolute Gasteiger partial charge is 0.271 e. The molecule has 3 rings (SSSR count). The first-order valence-electron chi connectivity index (χ1n) is 9.05. The van der Waals surface area contributed by atoms with E-state index in [1.807, 2.05) is 31.9 Å². The lowest BCUT2D eigenvalue weighted by molar-refractivity contribution is -0.137. The van der Waals surface area contributed by atoms with Gasteiger partial charge in [0.15, 0.2) is 0 Å². The lowest BCUT2D eigenvalue weighted by atomic mass is 10.0. The number of hydrogen-bond donors (Lipinski definition) is 0. The van der Waals surface area contributed by atoms with Crippen molar-refractivity contribution in [3.63, 3.8) is 0 Å². The molecule has 0 spiro atoms. The lowest BCUT2D eigenvalue weighted by Crippen LogP contribution is -2.51. The van der Waals surface area contributed by atoms with Gasteiger partial charge in [0.05, 0.1) is 22.0 Å². The molecule has 0 unspecified atom stereocenters. The fourth-order valence-corrected chi connectivity index (χ4v) is 3.97. The molecule has 2 nitrogen and oxygen atoms in total. The number of halogens is 6. The van der Waals surface area contributed by atoms with Crippen LogP contribution in [0.15, 0.2) is 42.5 Å². The van der Waals surface area contributed by atoms with Crippen LogP contribution in [0.25, 0.3) is 5.70 Å². The van der Waals surface area contributed by atoms with Gasteiger partial charge in [0.25, 0.3) is 0 Å². The summed E-state index contributed by atoms with van der Waals surface area (Å²) in [5.41, 5.74) is -0.0884. The first-order chi connectivity index (χ1) is 13.5. The van der Waals surface area contributed by atoms with Crippen LogP contribution in [0.1, 0.15) is 38.3 Å². The Balaban J connectivity index is 2.25. The van der Waals surface area contributed by atoms with E-state index >= 15 is 0 Å². The molecule has 29 heavy (non-hydrogen) atoms. The van der Waals surface area contributed by atoms with Crippen molar-refractivity contribution in [3.05, 3.63) is 68.7 Å². The van der Waals surface area contributed by atoms with Crippen molar-refractivity contribution in [2.75, 3.05) is 11.6 Å². The Kier molecular flexibility index (Phi) is 6.17. The summed E-state index contributed by atoms with van der Waals surface area (Å²) in [5, 5.41) is 3.87. The maximum atomic E-state index is 14.0. The van der Waals surface area contributed by atoms with Gasteiger partial charge in [0.2, 0.25) is 0 Å². The minimum Gasteiger partial charge on any atom is -0.271 e. The first-order valence-corrected chi connectivity index (χ1v) is 10.2. The van der Waals surface area contributed by atoms with Crippen LogP contribution in [0.3, 0.4) is 0 Å². The predicted molar refractivity (Wildman–Crippen MR) is 114 cm³/mol. The Morgan fingerprint density at radius 2 is 1.59 bits per heavy atom. The van der Waals surface area contributed by atoms with Crippen LogP contribution in [0.2, 0.25) is 15.1 Å². The van der Waals surface area contributed by atoms with Gasteiger partial charge in [-0.15, -0.1) is 0 Å². The molecule has 156 valence electrons. The molecule has 0 atom stereocenters. The van der Waals surface area contributed by atoms with Crippen LogP contribution in [0.5, 0.6) is 0 Å². The number of benzene rings is 2. The van der Waals surface area contributed by atoms with Crippen molar-refractivity contribution in [2.45, 2.75) is 38.9 Å². The molecule has 0 fully saturated rings. The van der Waals surface area contributed by atoms with E-state index in [1.165, 1.54) is 6.07 Å². The summed E-state index contributed by atoms with van der Waals surface area (Å²) in [4.78, 5) is 0. The van der Waals surface area contributed by atoms with Gasteiger partial charge in [-0.1, -0.05) is 53.9 Å². The molecule has 1 aliphatic heterocycles. The van der Waals surface area contributed by atoms with Crippen molar-refractivity contribution < 1.29 is 13.2 Å². The third kappa shape index (κ3) is 4.38. The van der Waals surface area contributed by atoms with Crippen LogP contribution < -0.4 is 5.01 Å². The lowest BCUT2D eigenvalue weighted by Gasteiger charge is -2.44. The van der Waals surface area contributed by atoms with Crippen molar-refractivity contribution in [2.24, 2.45) is 0 Å². The maximum absolute atomic E-state index is 14.0. The average Bonchev–Trinajstić information content (AvgIpc) is 3.06. The van der Waals surface area contributed by atoms with Crippen LogP contribution in [-0.2, 0) is 6.18 Å². The van der Waals surface area contributed by atoms with E-state index in [0.717, 1.165) is 18.1 Å². The Morgan fingerprint density at radius 3 is 2.14 bits per heavy atom. The van der Waals surface area contributed by atoms with Crippen LogP contribution in [0.4, 0.5) is 18.9 Å². The highest BCUT2D eigenvalue weighted by molar-refractivity contribution is 6.37. The fraction of sp³-hybridized carbons (Fsp3) is 0.333. The molecule has 0 aliphatic carbocycles. The molecule has 0 bridgehead atoms. The Hall–Kier alpha value is -1.40. The van der Waals surface area contributed by atoms with Crippen LogP contribution >= 0.6 is 34.8 Å². The van der Waals surface area contributed by atoms with Gasteiger partial charge >= 0.3 is 6.18 Å². The molecule has 0 N–H and O–H groups in total. The molecule has 0 aromatic heterocycles. The zero-order valence-electron chi connectivity index (χ0n) is 16.1. The van der Waals surface area contributed by atoms with Crippen molar-refractivity contribution in [1.29, 1.82) is 0 Å². The SMILES string of the molecule is CCC(C)(C)N1CC=C(c2ccc(Cl)cc2)N1c1c(Cl)cc(Cl)cc1C(F)(F)F. The molecule has 0 amide bonds. The van der Waals surface area contributed by atoms with E-state index in [2.05, 4.69) is 0 Å². The zero-order chi connectivity index (χ0) is 21.6. The second-order valence-electron chi connectivity index (χ2n) is 7.44. The summed E-state index contributed by atoms with van der Waals surface area (Å²) in [6.45, 7) is 6.40. The zero-order valence-corrected chi connectivity index (χ0v) is 18.4. The van der Waals surface area contributed by atoms with E-state index in [-0.39, 0.29) is 15.7 Å². The van der Waals surface area contributed by atoms with Gasteiger partial charge < -0.3 is 0 Å². The van der Waals surface area contributed by atoms with Gasteiger partial charge in [-0.3, -0.25) is 5.01 Å². The molecular formula is C21H20Cl3F3N2. The number of rotatable bonds is 4. The summed E-state index contributed by atoms with van der Waals surface area (Å²) in [6.07, 6.45) is -2.01. The Morgan fingerprint density at radius 1 is 0.966 bits per heavy atom. The van der Waals surface area contributed by atoms with Crippen molar-refractivity contribution >= 4 is 46.2 Å². The second-order valence-corrected chi connectivity index (χ2v) is 8.72. The van der Waals surface area contributed by atoms with E-state index in [4.69, 9.17) is 34.8 Å². The minimum atomic E-state index is -4.63. The van der Waals surface area contributed by atoms with Gasteiger partial charge in [-0.25, -0.2) is 5.01 Å². The molecule has 0 saturated heterocycles. The standard InChI is InChI=1S/C21H20Cl3F3N2/c1-4-20(2,3)28-10-9-18(13-5-7-14(22)8-6-13)29(28)19-16(21(25,26)27)11-15(23)12-17(19)24/h5-9,11-12H,4,10H2,1-3H3. The number of hydrazine groups is 1. The highest BCUT2D eigenvalue weighted by Gasteiger charge is 2.43. The Bertz CT molecular complexity index is 937. The summed E-state index contributed by atoms with van der Waals surface area (Å²) in [6, 6.07) is 9.22. The second kappa shape index (κ2) is 8.03. The number of nitrogens with zero attached hydrogens (tertiary/aromatic N) is 2. The fourth-order valence-electron chi connectivity index (χ4n) is 3.27. The molecule has 1 aliphatic rings. The van der Waals surface area contributed by atoms with E-state index < -0.39 is 17.3 Å². The number of anilines is 1. The first kappa shape index (κ1) is 22.3. The largest absolute Gasteiger partial charge is 0.418 e. The third-order valence-corrected chi connectivity index (χ3v) is 5.93. The van der Waals surface area contributed by atoms with Crippen LogP contribution in [0, 0.1) is 0 Å². The number of alkyl halides is 3. The van der Waals surface area contributed by atoms with Crippen molar-refractivity contribution in [3.8, 4) is 0 Å². The highest BCUT2D eigenvalue weighted by atomic mass is 35.5. The molecule has 0 radical (unpaired) electrons. The summed E-state index contributed by atoms with van der Waals surface area (Å²) >= 11 is 18.3. The quantitative estimate of drug-likeness (QED) is 0.454. The van der Waals surface area contributed by atoms with Crippen molar-refractivity contribution in [1.82, 2.24) is 5.01 Å². The molecule has 8 heteroatoms. The summed E-state index contributed by atoms with van der Waals surface area (Å²) in [7, 11) is 0. The topological polar surface area (TPSA) is 6.48 Å².